The molecule has 8 heteroatoms. The van der Waals surface area contributed by atoms with Crippen LogP contribution >= 0.6 is 0 Å². The van der Waals surface area contributed by atoms with Gasteiger partial charge in [0.25, 0.3) is 5.69 Å². The van der Waals surface area contributed by atoms with Gasteiger partial charge < -0.3 is 19.6 Å². The zero-order chi connectivity index (χ0) is 17.0. The molecule has 1 unspecified atom stereocenters. The maximum atomic E-state index is 11.3. The first-order chi connectivity index (χ1) is 11.0. The molecule has 0 spiro atoms. The molecule has 1 atom stereocenters. The Labute approximate surface area is 131 Å². The smallest absolute Gasteiger partial charge is 0.323 e. The number of methoxy groups -OCH3 is 2. The van der Waals surface area contributed by atoms with Crippen molar-refractivity contribution in [3.8, 4) is 17.1 Å². The SMILES string of the molecule is COC(=O)C(N)Cc1ccc(-c2ccc(OC)cc2[N+](=O)[O-])o1. The highest BCUT2D eigenvalue weighted by Gasteiger charge is 2.21. The van der Waals surface area contributed by atoms with Gasteiger partial charge in [0.1, 0.15) is 23.3 Å². The van der Waals surface area contributed by atoms with Crippen LogP contribution in [0.4, 0.5) is 5.69 Å². The van der Waals surface area contributed by atoms with E-state index in [2.05, 4.69) is 4.74 Å². The molecule has 0 aliphatic carbocycles. The minimum Gasteiger partial charge on any atom is -0.497 e. The van der Waals surface area contributed by atoms with E-state index < -0.39 is 16.9 Å². The number of esters is 1. The third-order valence-electron chi connectivity index (χ3n) is 3.25. The Morgan fingerprint density at radius 3 is 2.70 bits per heavy atom. The first-order valence-electron chi connectivity index (χ1n) is 6.71. The van der Waals surface area contributed by atoms with E-state index in [1.807, 2.05) is 0 Å². The van der Waals surface area contributed by atoms with Gasteiger partial charge in [0.15, 0.2) is 0 Å². The molecule has 0 aliphatic rings. The van der Waals surface area contributed by atoms with Crippen molar-refractivity contribution in [3.05, 3.63) is 46.2 Å². The van der Waals surface area contributed by atoms with Gasteiger partial charge in [0, 0.05) is 6.42 Å². The standard InChI is InChI=1S/C15H16N2O6/c1-21-9-3-5-11(13(8-9)17(19)20)14-6-4-10(23-14)7-12(16)15(18)22-2/h3-6,8,12H,7,16H2,1-2H3. The number of nitrogens with two attached hydrogens (primary N) is 1. The lowest BCUT2D eigenvalue weighted by molar-refractivity contribution is -0.384. The predicted octanol–water partition coefficient (Wildman–Crippen LogP) is 1.91. The summed E-state index contributed by atoms with van der Waals surface area (Å²) in [6.45, 7) is 0. The summed E-state index contributed by atoms with van der Waals surface area (Å²) in [5.74, 6) is 0.563. The summed E-state index contributed by atoms with van der Waals surface area (Å²) in [5, 5.41) is 11.2. The minimum absolute atomic E-state index is 0.136. The molecule has 122 valence electrons. The second-order valence-corrected chi connectivity index (χ2v) is 4.74. The van der Waals surface area contributed by atoms with Gasteiger partial charge in [-0.15, -0.1) is 0 Å². The maximum Gasteiger partial charge on any atom is 0.323 e. The van der Waals surface area contributed by atoms with E-state index in [1.165, 1.54) is 20.3 Å². The summed E-state index contributed by atoms with van der Waals surface area (Å²) in [4.78, 5) is 22.0. The van der Waals surface area contributed by atoms with Crippen LogP contribution < -0.4 is 10.5 Å². The average molecular weight is 320 g/mol. The second kappa shape index (κ2) is 6.93. The lowest BCUT2D eigenvalue weighted by Crippen LogP contribution is -2.33. The van der Waals surface area contributed by atoms with Gasteiger partial charge in [0.2, 0.25) is 0 Å². The third kappa shape index (κ3) is 3.67. The highest BCUT2D eigenvalue weighted by atomic mass is 16.6. The number of nitro benzene ring substituents is 1. The molecular formula is C15H16N2O6. The Hall–Kier alpha value is -2.87. The second-order valence-electron chi connectivity index (χ2n) is 4.74. The third-order valence-corrected chi connectivity index (χ3v) is 3.25. The van der Waals surface area contributed by atoms with E-state index in [4.69, 9.17) is 14.9 Å². The maximum absolute atomic E-state index is 11.3. The molecule has 0 aliphatic heterocycles. The number of hydrogen-bond donors (Lipinski definition) is 1. The zero-order valence-electron chi connectivity index (χ0n) is 12.6. The van der Waals surface area contributed by atoms with E-state index in [-0.39, 0.29) is 12.1 Å². The summed E-state index contributed by atoms with van der Waals surface area (Å²) in [7, 11) is 2.68. The van der Waals surface area contributed by atoms with Crippen LogP contribution in [0.2, 0.25) is 0 Å². The van der Waals surface area contributed by atoms with Crippen LogP contribution in [0.3, 0.4) is 0 Å². The Bertz CT molecular complexity index is 725. The van der Waals surface area contributed by atoms with Crippen LogP contribution in [-0.2, 0) is 16.0 Å². The van der Waals surface area contributed by atoms with Crippen molar-refractivity contribution in [2.75, 3.05) is 14.2 Å². The molecule has 1 aromatic heterocycles. The van der Waals surface area contributed by atoms with Gasteiger partial charge in [0.05, 0.1) is 30.8 Å². The Kier molecular flexibility index (Phi) is 4.97. The zero-order valence-corrected chi connectivity index (χ0v) is 12.6. The Morgan fingerprint density at radius 2 is 2.09 bits per heavy atom. The molecule has 2 aromatic rings. The van der Waals surface area contributed by atoms with E-state index >= 15 is 0 Å². The highest BCUT2D eigenvalue weighted by molar-refractivity contribution is 5.75. The number of nitrogens with zero attached hydrogens (tertiary/aromatic N) is 1. The lowest BCUT2D eigenvalue weighted by atomic mass is 10.1. The van der Waals surface area contributed by atoms with Gasteiger partial charge in [-0.25, -0.2) is 0 Å². The molecule has 0 saturated carbocycles. The fourth-order valence-corrected chi connectivity index (χ4v) is 2.08. The summed E-state index contributed by atoms with van der Waals surface area (Å²) < 4.78 is 15.1. The van der Waals surface area contributed by atoms with Crippen LogP contribution in [0.1, 0.15) is 5.76 Å². The molecule has 0 bridgehead atoms. The van der Waals surface area contributed by atoms with Crippen LogP contribution in [0.15, 0.2) is 34.7 Å². The van der Waals surface area contributed by atoms with E-state index in [9.17, 15) is 14.9 Å². The summed E-state index contributed by atoms with van der Waals surface area (Å²) in [6.07, 6.45) is 0.136. The largest absolute Gasteiger partial charge is 0.497 e. The first kappa shape index (κ1) is 16.5. The van der Waals surface area contributed by atoms with Crippen LogP contribution in [0.5, 0.6) is 5.75 Å². The summed E-state index contributed by atoms with van der Waals surface area (Å²) >= 11 is 0. The van der Waals surface area contributed by atoms with E-state index in [0.717, 1.165) is 0 Å². The topological polar surface area (TPSA) is 118 Å². The molecule has 0 radical (unpaired) electrons. The van der Waals surface area contributed by atoms with Crippen molar-refractivity contribution in [1.82, 2.24) is 0 Å². The summed E-state index contributed by atoms with van der Waals surface area (Å²) in [6, 6.07) is 6.81. The number of furan rings is 1. The molecule has 2 rings (SSSR count). The lowest BCUT2D eigenvalue weighted by Gasteiger charge is -2.07. The number of rotatable bonds is 6. The van der Waals surface area contributed by atoms with Gasteiger partial charge >= 0.3 is 5.97 Å². The van der Waals surface area contributed by atoms with Crippen LogP contribution in [0, 0.1) is 10.1 Å². The van der Waals surface area contributed by atoms with Gasteiger partial charge in [-0.3, -0.25) is 14.9 Å². The molecule has 0 fully saturated rings. The van der Waals surface area contributed by atoms with Crippen molar-refractivity contribution in [2.24, 2.45) is 5.73 Å². The number of ether oxygens (including phenoxy) is 2. The van der Waals surface area contributed by atoms with Gasteiger partial charge in [-0.1, -0.05) is 0 Å². The number of carbonyl (C=O) groups is 1. The molecular weight excluding hydrogens is 304 g/mol. The fraction of sp³-hybridized carbons (Fsp3) is 0.267. The quantitative estimate of drug-likeness (QED) is 0.490. The predicted molar refractivity (Wildman–Crippen MR) is 81.0 cm³/mol. The van der Waals surface area contributed by atoms with Crippen molar-refractivity contribution < 1.29 is 23.6 Å². The molecule has 0 saturated heterocycles. The normalized spacial score (nSPS) is 11.8. The fourth-order valence-electron chi connectivity index (χ4n) is 2.08. The van der Waals surface area contributed by atoms with Crippen molar-refractivity contribution >= 4 is 11.7 Å². The first-order valence-corrected chi connectivity index (χ1v) is 6.71. The van der Waals surface area contributed by atoms with E-state index in [1.54, 1.807) is 24.3 Å². The van der Waals surface area contributed by atoms with Gasteiger partial charge in [-0.05, 0) is 24.3 Å². The minimum atomic E-state index is -0.857. The number of carbonyl (C=O) groups excluding carboxylic acids is 1. The number of hydrogen-bond acceptors (Lipinski definition) is 7. The average Bonchev–Trinajstić information content (AvgIpc) is 3.01. The molecule has 2 N–H and O–H groups in total. The Balaban J connectivity index is 2.30. The Morgan fingerprint density at radius 1 is 1.35 bits per heavy atom. The highest BCUT2D eigenvalue weighted by Crippen LogP contribution is 2.34. The van der Waals surface area contributed by atoms with Gasteiger partial charge in [-0.2, -0.15) is 0 Å². The molecule has 1 heterocycles. The molecule has 0 amide bonds. The molecule has 23 heavy (non-hydrogen) atoms. The van der Waals surface area contributed by atoms with Crippen molar-refractivity contribution in [1.29, 1.82) is 0 Å². The van der Waals surface area contributed by atoms with Crippen LogP contribution in [-0.4, -0.2) is 31.2 Å². The van der Waals surface area contributed by atoms with Crippen LogP contribution in [0.25, 0.3) is 11.3 Å². The summed E-state index contributed by atoms with van der Waals surface area (Å²) in [5.41, 5.74) is 5.84. The van der Waals surface area contributed by atoms with E-state index in [0.29, 0.717) is 22.8 Å². The molecule has 8 nitrogen and oxygen atoms in total. The monoisotopic (exact) mass is 320 g/mol. The van der Waals surface area contributed by atoms with Crippen molar-refractivity contribution in [3.63, 3.8) is 0 Å². The molecule has 1 aromatic carbocycles. The number of nitro groups is 1. The number of benzene rings is 1. The van der Waals surface area contributed by atoms with Crippen molar-refractivity contribution in [2.45, 2.75) is 12.5 Å².